The van der Waals surface area contributed by atoms with Crippen molar-refractivity contribution in [3.8, 4) is 0 Å². The standard InChI is InChI=1S/C16H25BN2O2/c1-15(2)16(3,4)21-17(20-15)12-9-10-18-14(11-12)19-13-7-5-6-8-13/h9-11,13H,5-8H2,1-4H3,(H,18,19). The van der Waals surface area contributed by atoms with Crippen LogP contribution in [0, 0.1) is 0 Å². The molecule has 1 aliphatic carbocycles. The molecular weight excluding hydrogens is 263 g/mol. The van der Waals surface area contributed by atoms with E-state index in [9.17, 15) is 0 Å². The predicted octanol–water partition coefficient (Wildman–Crippen LogP) is 2.74. The first-order chi connectivity index (χ1) is 9.87. The third kappa shape index (κ3) is 2.95. The van der Waals surface area contributed by atoms with Crippen molar-refractivity contribution in [2.75, 3.05) is 5.32 Å². The molecule has 0 atom stereocenters. The topological polar surface area (TPSA) is 43.4 Å². The van der Waals surface area contributed by atoms with Crippen LogP contribution in [-0.2, 0) is 9.31 Å². The predicted molar refractivity (Wildman–Crippen MR) is 85.8 cm³/mol. The molecule has 1 aromatic rings. The summed E-state index contributed by atoms with van der Waals surface area (Å²) in [6, 6.07) is 4.59. The Balaban J connectivity index is 1.74. The molecule has 1 saturated carbocycles. The van der Waals surface area contributed by atoms with Crippen molar-refractivity contribution in [2.45, 2.75) is 70.6 Å². The fourth-order valence-electron chi connectivity index (χ4n) is 2.93. The van der Waals surface area contributed by atoms with Crippen molar-refractivity contribution in [1.82, 2.24) is 4.98 Å². The summed E-state index contributed by atoms with van der Waals surface area (Å²) in [6.45, 7) is 8.30. The highest BCUT2D eigenvalue weighted by Crippen LogP contribution is 2.36. The van der Waals surface area contributed by atoms with Gasteiger partial charge in [0, 0.05) is 12.2 Å². The van der Waals surface area contributed by atoms with Crippen molar-refractivity contribution in [2.24, 2.45) is 0 Å². The minimum atomic E-state index is -0.317. The van der Waals surface area contributed by atoms with Crippen LogP contribution in [0.5, 0.6) is 0 Å². The maximum atomic E-state index is 6.10. The zero-order valence-electron chi connectivity index (χ0n) is 13.5. The number of hydrogen-bond acceptors (Lipinski definition) is 4. The first kappa shape index (κ1) is 14.9. The molecule has 0 unspecified atom stereocenters. The monoisotopic (exact) mass is 288 g/mol. The first-order valence-electron chi connectivity index (χ1n) is 7.95. The van der Waals surface area contributed by atoms with Gasteiger partial charge in [-0.2, -0.15) is 0 Å². The SMILES string of the molecule is CC1(C)OB(c2ccnc(NC3CCCC3)c2)OC1(C)C. The van der Waals surface area contributed by atoms with E-state index in [0.717, 1.165) is 11.3 Å². The van der Waals surface area contributed by atoms with Gasteiger partial charge in [0.15, 0.2) is 0 Å². The zero-order valence-corrected chi connectivity index (χ0v) is 13.5. The Morgan fingerprint density at radius 3 is 2.38 bits per heavy atom. The molecule has 114 valence electrons. The molecule has 4 nitrogen and oxygen atoms in total. The second-order valence-corrected chi connectivity index (χ2v) is 7.19. The van der Waals surface area contributed by atoms with Crippen molar-refractivity contribution >= 4 is 18.4 Å². The Labute approximate surface area is 127 Å². The van der Waals surface area contributed by atoms with E-state index in [4.69, 9.17) is 9.31 Å². The second kappa shape index (κ2) is 5.29. The van der Waals surface area contributed by atoms with Crippen LogP contribution < -0.4 is 10.8 Å². The summed E-state index contributed by atoms with van der Waals surface area (Å²) in [7, 11) is -0.317. The number of aromatic nitrogens is 1. The summed E-state index contributed by atoms with van der Waals surface area (Å²) in [4.78, 5) is 4.42. The smallest absolute Gasteiger partial charge is 0.399 e. The van der Waals surface area contributed by atoms with Crippen molar-refractivity contribution in [3.05, 3.63) is 18.3 Å². The molecule has 2 heterocycles. The summed E-state index contributed by atoms with van der Waals surface area (Å²) in [5.41, 5.74) is 0.420. The van der Waals surface area contributed by atoms with Crippen LogP contribution in [0.1, 0.15) is 53.4 Å². The Morgan fingerprint density at radius 1 is 1.14 bits per heavy atom. The van der Waals surface area contributed by atoms with Crippen molar-refractivity contribution in [3.63, 3.8) is 0 Å². The molecule has 1 aromatic heterocycles. The van der Waals surface area contributed by atoms with Crippen LogP contribution in [0.4, 0.5) is 5.82 Å². The molecule has 3 rings (SSSR count). The lowest BCUT2D eigenvalue weighted by Gasteiger charge is -2.32. The molecule has 0 amide bonds. The number of nitrogens with zero attached hydrogens (tertiary/aromatic N) is 1. The zero-order chi connectivity index (χ0) is 15.1. The van der Waals surface area contributed by atoms with Gasteiger partial charge in [-0.25, -0.2) is 4.98 Å². The quantitative estimate of drug-likeness (QED) is 0.869. The number of anilines is 1. The molecule has 5 heteroatoms. The van der Waals surface area contributed by atoms with Gasteiger partial charge in [-0.1, -0.05) is 12.8 Å². The third-order valence-electron chi connectivity index (χ3n) is 5.02. The lowest BCUT2D eigenvalue weighted by molar-refractivity contribution is 0.00578. The lowest BCUT2D eigenvalue weighted by Crippen LogP contribution is -2.41. The van der Waals surface area contributed by atoms with Crippen LogP contribution in [0.25, 0.3) is 0 Å². The fraction of sp³-hybridized carbons (Fsp3) is 0.688. The van der Waals surface area contributed by atoms with E-state index in [1.165, 1.54) is 25.7 Å². The van der Waals surface area contributed by atoms with E-state index >= 15 is 0 Å². The number of hydrogen-bond donors (Lipinski definition) is 1. The molecule has 0 radical (unpaired) electrons. The summed E-state index contributed by atoms with van der Waals surface area (Å²) >= 11 is 0. The highest BCUT2D eigenvalue weighted by molar-refractivity contribution is 6.62. The second-order valence-electron chi connectivity index (χ2n) is 7.19. The summed E-state index contributed by atoms with van der Waals surface area (Å²) < 4.78 is 12.2. The van der Waals surface area contributed by atoms with Gasteiger partial charge in [-0.3, -0.25) is 0 Å². The fourth-order valence-corrected chi connectivity index (χ4v) is 2.93. The molecule has 2 fully saturated rings. The van der Waals surface area contributed by atoms with Crippen molar-refractivity contribution in [1.29, 1.82) is 0 Å². The van der Waals surface area contributed by atoms with Gasteiger partial charge in [0.1, 0.15) is 5.82 Å². The van der Waals surface area contributed by atoms with Gasteiger partial charge in [0.25, 0.3) is 0 Å². The minimum absolute atomic E-state index is 0.306. The van der Waals surface area contributed by atoms with Crippen LogP contribution in [-0.4, -0.2) is 29.3 Å². The highest BCUT2D eigenvalue weighted by Gasteiger charge is 2.51. The first-order valence-corrected chi connectivity index (χ1v) is 7.95. The Bertz CT molecular complexity index is 497. The largest absolute Gasteiger partial charge is 0.495 e. The van der Waals surface area contributed by atoms with Gasteiger partial charge in [-0.15, -0.1) is 0 Å². The molecule has 0 aromatic carbocycles. The van der Waals surface area contributed by atoms with Gasteiger partial charge in [0.05, 0.1) is 11.2 Å². The van der Waals surface area contributed by atoms with Gasteiger partial charge in [-0.05, 0) is 58.1 Å². The molecule has 21 heavy (non-hydrogen) atoms. The van der Waals surface area contributed by atoms with Gasteiger partial charge >= 0.3 is 7.12 Å². The van der Waals surface area contributed by atoms with E-state index in [0.29, 0.717) is 6.04 Å². The average Bonchev–Trinajstić information content (AvgIpc) is 2.97. The maximum absolute atomic E-state index is 6.10. The Kier molecular flexibility index (Phi) is 3.74. The molecule has 1 N–H and O–H groups in total. The van der Waals surface area contributed by atoms with Crippen LogP contribution in [0.2, 0.25) is 0 Å². The van der Waals surface area contributed by atoms with Crippen molar-refractivity contribution < 1.29 is 9.31 Å². The number of nitrogens with one attached hydrogen (secondary N) is 1. The van der Waals surface area contributed by atoms with Gasteiger partial charge in [0.2, 0.25) is 0 Å². The molecule has 0 spiro atoms. The third-order valence-corrected chi connectivity index (χ3v) is 5.02. The van der Waals surface area contributed by atoms with E-state index in [-0.39, 0.29) is 18.3 Å². The molecule has 1 aliphatic heterocycles. The van der Waals surface area contributed by atoms with E-state index in [1.54, 1.807) is 0 Å². The Morgan fingerprint density at radius 2 is 1.76 bits per heavy atom. The van der Waals surface area contributed by atoms with E-state index < -0.39 is 0 Å². The maximum Gasteiger partial charge on any atom is 0.495 e. The Hall–Kier alpha value is -1.07. The summed E-state index contributed by atoms with van der Waals surface area (Å²) in [5, 5.41) is 3.52. The molecule has 0 bridgehead atoms. The number of pyridine rings is 1. The number of rotatable bonds is 3. The highest BCUT2D eigenvalue weighted by atomic mass is 16.7. The van der Waals surface area contributed by atoms with Gasteiger partial charge < -0.3 is 14.6 Å². The van der Waals surface area contributed by atoms with E-state index in [2.05, 4.69) is 44.1 Å². The molecule has 2 aliphatic rings. The lowest BCUT2D eigenvalue weighted by atomic mass is 9.80. The van der Waals surface area contributed by atoms with Crippen LogP contribution in [0.15, 0.2) is 18.3 Å². The van der Waals surface area contributed by atoms with E-state index in [1.807, 2.05) is 12.3 Å². The van der Waals surface area contributed by atoms with Crippen LogP contribution >= 0.6 is 0 Å². The van der Waals surface area contributed by atoms with Crippen LogP contribution in [0.3, 0.4) is 0 Å². The normalized spacial score (nSPS) is 24.5. The molecule has 1 saturated heterocycles. The molecular formula is C16H25BN2O2. The summed E-state index contributed by atoms with van der Waals surface area (Å²) in [6.07, 6.45) is 6.94. The average molecular weight is 288 g/mol. The minimum Gasteiger partial charge on any atom is -0.399 e. The summed E-state index contributed by atoms with van der Waals surface area (Å²) in [5.74, 6) is 0.925.